The second-order valence-corrected chi connectivity index (χ2v) is 6.50. The van der Waals surface area contributed by atoms with E-state index >= 15 is 0 Å². The minimum absolute atomic E-state index is 0.384. The molecule has 0 amide bonds. The average molecular weight is 306 g/mol. The van der Waals surface area contributed by atoms with Crippen LogP contribution in [-0.4, -0.2) is 32.4 Å². The van der Waals surface area contributed by atoms with Gasteiger partial charge in [0, 0.05) is 30.9 Å². The van der Waals surface area contributed by atoms with E-state index in [-0.39, 0.29) is 0 Å². The molecule has 1 aromatic carbocycles. The molecular weight excluding hydrogens is 276 g/mol. The molecule has 2 rings (SSSR count). The Morgan fingerprint density at radius 2 is 1.91 bits per heavy atom. The van der Waals surface area contributed by atoms with E-state index in [4.69, 9.17) is 15.2 Å². The molecule has 0 radical (unpaired) electrons. The fourth-order valence-electron chi connectivity index (χ4n) is 2.96. The number of benzene rings is 1. The largest absolute Gasteiger partial charge is 0.491 e. The summed E-state index contributed by atoms with van der Waals surface area (Å²) in [6, 6.07) is 7.36. The molecule has 0 aliphatic heterocycles. The smallest absolute Gasteiger partial charge is 0.124 e. The second kappa shape index (κ2) is 8.39. The first-order valence-corrected chi connectivity index (χ1v) is 8.38. The van der Waals surface area contributed by atoms with Crippen molar-refractivity contribution in [3.8, 4) is 5.75 Å². The van der Waals surface area contributed by atoms with Crippen LogP contribution < -0.4 is 15.8 Å². The highest BCUT2D eigenvalue weighted by molar-refractivity contribution is 5.53. The molecule has 4 nitrogen and oxygen atoms in total. The van der Waals surface area contributed by atoms with Crippen LogP contribution in [0.15, 0.2) is 18.2 Å². The maximum Gasteiger partial charge on any atom is 0.124 e. The number of anilines is 1. The zero-order valence-corrected chi connectivity index (χ0v) is 14.1. The summed E-state index contributed by atoms with van der Waals surface area (Å²) in [6.07, 6.45) is 4.51. The van der Waals surface area contributed by atoms with Gasteiger partial charge in [-0.2, -0.15) is 0 Å². The lowest BCUT2D eigenvalue weighted by molar-refractivity contribution is 0.145. The minimum atomic E-state index is 0.384. The summed E-state index contributed by atoms with van der Waals surface area (Å²) in [5, 5.41) is 3.63. The molecule has 1 aromatic rings. The fourth-order valence-corrected chi connectivity index (χ4v) is 2.96. The number of methoxy groups -OCH3 is 1. The summed E-state index contributed by atoms with van der Waals surface area (Å²) in [5.74, 6) is 1.41. The Hall–Kier alpha value is -1.26. The van der Waals surface area contributed by atoms with Crippen LogP contribution in [-0.2, 0) is 4.74 Å². The van der Waals surface area contributed by atoms with Gasteiger partial charge in [-0.05, 0) is 43.2 Å². The Morgan fingerprint density at radius 3 is 2.55 bits per heavy atom. The van der Waals surface area contributed by atoms with Crippen molar-refractivity contribution in [1.29, 1.82) is 0 Å². The quantitative estimate of drug-likeness (QED) is 0.757. The summed E-state index contributed by atoms with van der Waals surface area (Å²) in [6.45, 7) is 5.57. The molecule has 1 aliphatic carbocycles. The lowest BCUT2D eigenvalue weighted by Gasteiger charge is -2.28. The highest BCUT2D eigenvalue weighted by atomic mass is 16.5. The van der Waals surface area contributed by atoms with Gasteiger partial charge in [-0.1, -0.05) is 19.9 Å². The van der Waals surface area contributed by atoms with Crippen molar-refractivity contribution in [2.75, 3.05) is 25.6 Å². The Kier molecular flexibility index (Phi) is 6.52. The predicted molar refractivity (Wildman–Crippen MR) is 91.8 cm³/mol. The first-order chi connectivity index (χ1) is 10.6. The fraction of sp³-hybridized carbons (Fsp3) is 0.667. The van der Waals surface area contributed by atoms with Gasteiger partial charge in [0.2, 0.25) is 0 Å². The summed E-state index contributed by atoms with van der Waals surface area (Å²) in [5.41, 5.74) is 8.36. The van der Waals surface area contributed by atoms with Gasteiger partial charge >= 0.3 is 0 Å². The molecule has 4 heteroatoms. The third kappa shape index (κ3) is 4.89. The monoisotopic (exact) mass is 306 g/mol. The molecule has 0 saturated heterocycles. The van der Waals surface area contributed by atoms with Crippen molar-refractivity contribution in [3.05, 3.63) is 23.8 Å². The topological polar surface area (TPSA) is 56.5 Å². The predicted octanol–water partition coefficient (Wildman–Crippen LogP) is 3.52. The van der Waals surface area contributed by atoms with Crippen LogP contribution in [0.3, 0.4) is 0 Å². The second-order valence-electron chi connectivity index (χ2n) is 6.50. The molecule has 0 atom stereocenters. The average Bonchev–Trinajstić information content (AvgIpc) is 2.50. The molecular formula is C18H30N2O2. The molecule has 0 heterocycles. The zero-order valence-electron chi connectivity index (χ0n) is 14.1. The Balaban J connectivity index is 2.03. The normalized spacial score (nSPS) is 21.9. The summed E-state index contributed by atoms with van der Waals surface area (Å²) >= 11 is 0. The van der Waals surface area contributed by atoms with Crippen LogP contribution >= 0.6 is 0 Å². The molecule has 0 aromatic heterocycles. The van der Waals surface area contributed by atoms with Crippen molar-refractivity contribution in [3.63, 3.8) is 0 Å². The molecule has 0 bridgehead atoms. The van der Waals surface area contributed by atoms with Crippen LogP contribution in [0.5, 0.6) is 5.75 Å². The van der Waals surface area contributed by atoms with Crippen molar-refractivity contribution >= 4 is 5.69 Å². The van der Waals surface area contributed by atoms with E-state index < -0.39 is 0 Å². The Bertz CT molecular complexity index is 454. The number of hydrogen-bond donors (Lipinski definition) is 2. The molecule has 1 saturated carbocycles. The van der Waals surface area contributed by atoms with E-state index in [1.165, 1.54) is 5.56 Å². The van der Waals surface area contributed by atoms with Crippen LogP contribution in [0, 0.1) is 0 Å². The first kappa shape index (κ1) is 17.1. The highest BCUT2D eigenvalue weighted by Gasteiger charge is 2.18. The molecule has 0 unspecified atom stereocenters. The molecule has 3 N–H and O–H groups in total. The number of rotatable bonds is 7. The van der Waals surface area contributed by atoms with Crippen molar-refractivity contribution in [1.82, 2.24) is 0 Å². The lowest BCUT2D eigenvalue weighted by Crippen LogP contribution is -2.32. The third-order valence-electron chi connectivity index (χ3n) is 4.32. The van der Waals surface area contributed by atoms with E-state index in [0.717, 1.165) is 37.1 Å². The first-order valence-electron chi connectivity index (χ1n) is 8.38. The third-order valence-corrected chi connectivity index (χ3v) is 4.32. The van der Waals surface area contributed by atoms with E-state index in [9.17, 15) is 0 Å². The molecule has 0 spiro atoms. The van der Waals surface area contributed by atoms with Gasteiger partial charge in [0.25, 0.3) is 0 Å². The van der Waals surface area contributed by atoms with E-state index in [1.54, 1.807) is 7.11 Å². The van der Waals surface area contributed by atoms with Gasteiger partial charge in [-0.3, -0.25) is 0 Å². The standard InChI is InChI=1S/C18H30N2O2/c1-13(2)17-9-8-16(12-18(17)22-11-10-21-3)20-15-6-4-14(19)5-7-15/h8-9,12-15,20H,4-7,10-11,19H2,1-3H3. The number of ether oxygens (including phenoxy) is 2. The lowest BCUT2D eigenvalue weighted by atomic mass is 9.91. The van der Waals surface area contributed by atoms with Gasteiger partial charge in [-0.25, -0.2) is 0 Å². The van der Waals surface area contributed by atoms with Gasteiger partial charge in [0.05, 0.1) is 6.61 Å². The minimum Gasteiger partial charge on any atom is -0.491 e. The Labute approximate surface area is 134 Å². The highest BCUT2D eigenvalue weighted by Crippen LogP contribution is 2.31. The van der Waals surface area contributed by atoms with Gasteiger partial charge in [-0.15, -0.1) is 0 Å². The molecule has 1 fully saturated rings. The van der Waals surface area contributed by atoms with E-state index in [1.807, 2.05) is 0 Å². The van der Waals surface area contributed by atoms with Gasteiger partial charge in [0.15, 0.2) is 0 Å². The summed E-state index contributed by atoms with van der Waals surface area (Å²) in [4.78, 5) is 0. The number of nitrogens with one attached hydrogen (secondary N) is 1. The maximum absolute atomic E-state index is 5.98. The van der Waals surface area contributed by atoms with Crippen LogP contribution in [0.2, 0.25) is 0 Å². The number of nitrogens with two attached hydrogens (primary N) is 1. The van der Waals surface area contributed by atoms with Crippen LogP contribution in [0.1, 0.15) is 51.0 Å². The van der Waals surface area contributed by atoms with Gasteiger partial charge < -0.3 is 20.5 Å². The zero-order chi connectivity index (χ0) is 15.9. The SMILES string of the molecule is COCCOc1cc(NC2CCC(N)CC2)ccc1C(C)C. The van der Waals surface area contributed by atoms with Crippen molar-refractivity contribution in [2.45, 2.75) is 57.5 Å². The van der Waals surface area contributed by atoms with E-state index in [2.05, 4.69) is 37.4 Å². The van der Waals surface area contributed by atoms with Gasteiger partial charge in [0.1, 0.15) is 12.4 Å². The number of hydrogen-bond acceptors (Lipinski definition) is 4. The molecule has 124 valence electrons. The van der Waals surface area contributed by atoms with Crippen LogP contribution in [0.4, 0.5) is 5.69 Å². The summed E-state index contributed by atoms with van der Waals surface area (Å²) < 4.78 is 11.0. The van der Waals surface area contributed by atoms with Crippen molar-refractivity contribution in [2.24, 2.45) is 5.73 Å². The van der Waals surface area contributed by atoms with E-state index in [0.29, 0.717) is 31.2 Å². The molecule has 1 aliphatic rings. The maximum atomic E-state index is 5.98. The summed E-state index contributed by atoms with van der Waals surface area (Å²) in [7, 11) is 1.69. The van der Waals surface area contributed by atoms with Crippen molar-refractivity contribution < 1.29 is 9.47 Å². The van der Waals surface area contributed by atoms with Crippen LogP contribution in [0.25, 0.3) is 0 Å². The molecule has 22 heavy (non-hydrogen) atoms. The Morgan fingerprint density at radius 1 is 1.18 bits per heavy atom.